The summed E-state index contributed by atoms with van der Waals surface area (Å²) in [6.07, 6.45) is 0. The number of hydrogen-bond acceptors (Lipinski definition) is 7. The average molecular weight is 695 g/mol. The summed E-state index contributed by atoms with van der Waals surface area (Å²) in [4.78, 5) is 35.8. The van der Waals surface area contributed by atoms with Crippen LogP contribution in [-0.4, -0.2) is 11.9 Å². The highest BCUT2D eigenvalue weighted by Crippen LogP contribution is 2.53. The molecule has 0 fully saturated rings. The number of fused-ring (bicyclic) bond motifs is 5. The van der Waals surface area contributed by atoms with Gasteiger partial charge in [0.2, 0.25) is 0 Å². The number of benzene rings is 7. The summed E-state index contributed by atoms with van der Waals surface area (Å²) >= 11 is 3.54. The molecule has 5 nitrogen and oxygen atoms in total. The predicted octanol–water partition coefficient (Wildman–Crippen LogP) is 12.2. The molecule has 3 heterocycles. The topological polar surface area (TPSA) is 49.9 Å². The molecule has 7 aromatic rings. The zero-order chi connectivity index (χ0) is 34.1. The van der Waals surface area contributed by atoms with Crippen molar-refractivity contribution in [3.8, 4) is 22.3 Å². The standard InChI is InChI=1S/C44H26N2O3S2/c47-43-41-31(27-17-21-29(22-18-27)45-33-9-1-5-13-37(33)50-38-14-6-2-10-34(38)45)25-26-32(42(41)44(48)49-43)28-19-23-30(24-20-28)46-35-11-3-7-15-39(35)51-40-16-8-4-12-36(40)46/h1-26H. The van der Waals surface area contributed by atoms with Crippen molar-refractivity contribution in [3.05, 3.63) is 169 Å². The van der Waals surface area contributed by atoms with Crippen LogP contribution in [0.4, 0.5) is 34.1 Å². The first-order valence-corrected chi connectivity index (χ1v) is 18.2. The molecule has 0 saturated heterocycles. The van der Waals surface area contributed by atoms with E-state index in [-0.39, 0.29) is 0 Å². The molecule has 242 valence electrons. The van der Waals surface area contributed by atoms with Crippen molar-refractivity contribution in [2.45, 2.75) is 19.6 Å². The van der Waals surface area contributed by atoms with Crippen LogP contribution in [0.3, 0.4) is 0 Å². The maximum absolute atomic E-state index is 13.3. The fourth-order valence-corrected chi connectivity index (χ4v) is 9.36. The maximum Gasteiger partial charge on any atom is 0.347 e. The monoisotopic (exact) mass is 694 g/mol. The van der Waals surface area contributed by atoms with Crippen molar-refractivity contribution in [1.29, 1.82) is 0 Å². The zero-order valence-electron chi connectivity index (χ0n) is 26.9. The van der Waals surface area contributed by atoms with Crippen LogP contribution in [0.5, 0.6) is 0 Å². The number of anilines is 6. The van der Waals surface area contributed by atoms with Crippen LogP contribution in [0.25, 0.3) is 22.3 Å². The predicted molar refractivity (Wildman–Crippen MR) is 205 cm³/mol. The Hall–Kier alpha value is -6.02. The van der Waals surface area contributed by atoms with Gasteiger partial charge in [-0.3, -0.25) is 0 Å². The molecule has 0 unspecified atom stereocenters. The van der Waals surface area contributed by atoms with E-state index in [2.05, 4.69) is 131 Å². The second-order valence-corrected chi connectivity index (χ2v) is 14.6. The Balaban J connectivity index is 1.02. The lowest BCUT2D eigenvalue weighted by molar-refractivity contribution is 0.0444. The van der Waals surface area contributed by atoms with Gasteiger partial charge in [-0.15, -0.1) is 0 Å². The minimum atomic E-state index is -0.623. The van der Waals surface area contributed by atoms with Crippen LogP contribution in [0.15, 0.2) is 177 Å². The normalized spacial score (nSPS) is 13.9. The van der Waals surface area contributed by atoms with Crippen molar-refractivity contribution in [3.63, 3.8) is 0 Å². The fourth-order valence-electron chi connectivity index (χ4n) is 7.24. The summed E-state index contributed by atoms with van der Waals surface area (Å²) in [7, 11) is 0. The molecule has 3 aliphatic heterocycles. The highest BCUT2D eigenvalue weighted by molar-refractivity contribution is 8.00. The van der Waals surface area contributed by atoms with Crippen LogP contribution in [0.2, 0.25) is 0 Å². The molecule has 0 aromatic heterocycles. The summed E-state index contributed by atoms with van der Waals surface area (Å²) in [5, 5.41) is 0. The quantitative estimate of drug-likeness (QED) is 0.134. The smallest absolute Gasteiger partial charge is 0.347 e. The Morgan fingerprint density at radius 1 is 0.373 bits per heavy atom. The number of carbonyl (C=O) groups excluding carboxylic acids is 2. The number of rotatable bonds is 4. The molecule has 0 N–H and O–H groups in total. The van der Waals surface area contributed by atoms with Crippen molar-refractivity contribution in [2.24, 2.45) is 0 Å². The van der Waals surface area contributed by atoms with E-state index in [0.717, 1.165) is 45.3 Å². The number of esters is 2. The molecular weight excluding hydrogens is 669 g/mol. The number of nitrogens with zero attached hydrogens (tertiary/aromatic N) is 2. The molecule has 0 amide bonds. The van der Waals surface area contributed by atoms with Crippen LogP contribution in [0.1, 0.15) is 20.7 Å². The summed E-state index contributed by atoms with van der Waals surface area (Å²) < 4.78 is 5.25. The second-order valence-electron chi connectivity index (χ2n) is 12.4. The second kappa shape index (κ2) is 11.8. The highest BCUT2D eigenvalue weighted by atomic mass is 32.2. The van der Waals surface area contributed by atoms with E-state index in [1.165, 1.54) is 19.6 Å². The van der Waals surface area contributed by atoms with E-state index in [0.29, 0.717) is 22.3 Å². The number of hydrogen-bond donors (Lipinski definition) is 0. The first-order chi connectivity index (χ1) is 25.1. The molecule has 7 heteroatoms. The van der Waals surface area contributed by atoms with Crippen LogP contribution in [0, 0.1) is 0 Å². The third-order valence-electron chi connectivity index (χ3n) is 9.54. The van der Waals surface area contributed by atoms with Gasteiger partial charge < -0.3 is 14.5 Å². The van der Waals surface area contributed by atoms with Crippen molar-refractivity contribution in [2.75, 3.05) is 9.80 Å². The van der Waals surface area contributed by atoms with Crippen LogP contribution >= 0.6 is 23.5 Å². The molecule has 0 spiro atoms. The van der Waals surface area contributed by atoms with Gasteiger partial charge >= 0.3 is 11.9 Å². The highest BCUT2D eigenvalue weighted by Gasteiger charge is 2.36. The van der Waals surface area contributed by atoms with Gasteiger partial charge in [0.1, 0.15) is 0 Å². The van der Waals surface area contributed by atoms with Gasteiger partial charge in [-0.25, -0.2) is 9.59 Å². The zero-order valence-corrected chi connectivity index (χ0v) is 28.6. The Morgan fingerprint density at radius 3 is 1.02 bits per heavy atom. The number of cyclic esters (lactones) is 2. The van der Waals surface area contributed by atoms with E-state index < -0.39 is 11.9 Å². The Morgan fingerprint density at radius 2 is 0.686 bits per heavy atom. The van der Waals surface area contributed by atoms with E-state index in [4.69, 9.17) is 4.74 Å². The lowest BCUT2D eigenvalue weighted by atomic mass is 9.90. The molecular formula is C44H26N2O3S2. The van der Waals surface area contributed by atoms with Crippen LogP contribution < -0.4 is 9.80 Å². The Bertz CT molecular complexity index is 2300. The molecule has 0 bridgehead atoms. The molecule has 0 radical (unpaired) electrons. The fraction of sp³-hybridized carbons (Fsp3) is 0. The first kappa shape index (κ1) is 29.9. The van der Waals surface area contributed by atoms with E-state index >= 15 is 0 Å². The lowest BCUT2D eigenvalue weighted by Crippen LogP contribution is -2.14. The summed E-state index contributed by atoms with van der Waals surface area (Å²) in [5.41, 5.74) is 10.1. The summed E-state index contributed by atoms with van der Waals surface area (Å²) in [5.74, 6) is -1.25. The SMILES string of the molecule is O=C1OC(=O)c2c(-c3ccc(N4c5ccccc5Sc5ccccc54)cc3)ccc(-c3ccc(N4c5ccccc5Sc5ccccc54)cc3)c21. The minimum absolute atomic E-state index is 0.301. The Labute approximate surface area is 303 Å². The third kappa shape index (κ3) is 4.81. The van der Waals surface area contributed by atoms with Gasteiger partial charge in [0.15, 0.2) is 0 Å². The van der Waals surface area contributed by atoms with E-state index in [1.54, 1.807) is 23.5 Å². The summed E-state index contributed by atoms with van der Waals surface area (Å²) in [6, 6.07) is 53.7. The first-order valence-electron chi connectivity index (χ1n) is 16.6. The van der Waals surface area contributed by atoms with Crippen molar-refractivity contribution < 1.29 is 14.3 Å². The molecule has 3 aliphatic rings. The van der Waals surface area contributed by atoms with Gasteiger partial charge in [0.25, 0.3) is 0 Å². The van der Waals surface area contributed by atoms with Crippen molar-refractivity contribution >= 4 is 69.6 Å². The van der Waals surface area contributed by atoms with Gasteiger partial charge in [0, 0.05) is 31.0 Å². The molecule has 0 saturated carbocycles. The number of para-hydroxylation sites is 4. The van der Waals surface area contributed by atoms with Gasteiger partial charge in [-0.05, 0) is 95.1 Å². The minimum Gasteiger partial charge on any atom is -0.386 e. The van der Waals surface area contributed by atoms with Gasteiger partial charge in [-0.1, -0.05) is 108 Å². The van der Waals surface area contributed by atoms with E-state index in [9.17, 15) is 9.59 Å². The molecule has 51 heavy (non-hydrogen) atoms. The number of carbonyl (C=O) groups is 2. The van der Waals surface area contributed by atoms with Gasteiger partial charge in [-0.2, -0.15) is 0 Å². The molecule has 10 rings (SSSR count). The average Bonchev–Trinajstić information content (AvgIpc) is 3.49. The third-order valence-corrected chi connectivity index (χ3v) is 11.8. The molecule has 7 aromatic carbocycles. The number of ether oxygens (including phenoxy) is 1. The Kier molecular flexibility index (Phi) is 6.91. The molecule has 0 atom stereocenters. The molecule has 0 aliphatic carbocycles. The van der Waals surface area contributed by atoms with E-state index in [1.807, 2.05) is 36.4 Å². The largest absolute Gasteiger partial charge is 0.386 e. The lowest BCUT2D eigenvalue weighted by Gasteiger charge is -2.33. The van der Waals surface area contributed by atoms with Gasteiger partial charge in [0.05, 0.1) is 33.9 Å². The van der Waals surface area contributed by atoms with Crippen molar-refractivity contribution in [1.82, 2.24) is 0 Å². The maximum atomic E-state index is 13.3. The summed E-state index contributed by atoms with van der Waals surface area (Å²) in [6.45, 7) is 0. The van der Waals surface area contributed by atoms with Crippen LogP contribution in [-0.2, 0) is 4.74 Å².